The van der Waals surface area contributed by atoms with E-state index in [1.807, 2.05) is 4.57 Å². The molecule has 7 heteroatoms. The number of phenolic OH excluding ortho intramolecular Hbond substituents is 1. The molecule has 0 saturated heterocycles. The van der Waals surface area contributed by atoms with E-state index in [0.717, 1.165) is 21.1 Å². The number of nitrogens with one attached hydrogen (secondary N) is 1. The van der Waals surface area contributed by atoms with E-state index in [9.17, 15) is 10.2 Å². The zero-order valence-electron chi connectivity index (χ0n) is 15.7. The topological polar surface area (TPSA) is 79.5 Å². The standard InChI is InChI=1S/C20H24BrN3O3/c1-12-4-17-18(5-13(12)2)24(11-23-17)10-15(25)9-22-8-14-6-20(27-3)19(26)7-16(14)21/h4-7,11,15,22,25-26H,8-10H2,1-3H3/t15-/m0/s1. The average molecular weight is 434 g/mol. The third-order valence-electron chi connectivity index (χ3n) is 4.69. The van der Waals surface area contributed by atoms with Gasteiger partial charge in [0, 0.05) is 17.6 Å². The highest BCUT2D eigenvalue weighted by molar-refractivity contribution is 9.10. The van der Waals surface area contributed by atoms with Crippen LogP contribution in [0.15, 0.2) is 35.1 Å². The van der Waals surface area contributed by atoms with Crippen LogP contribution in [-0.2, 0) is 13.1 Å². The molecule has 6 nitrogen and oxygen atoms in total. The quantitative estimate of drug-likeness (QED) is 0.532. The van der Waals surface area contributed by atoms with Crippen molar-refractivity contribution in [3.05, 3.63) is 51.8 Å². The molecule has 0 radical (unpaired) electrons. The van der Waals surface area contributed by atoms with Crippen LogP contribution in [0.25, 0.3) is 11.0 Å². The number of hydrogen-bond donors (Lipinski definition) is 3. The maximum Gasteiger partial charge on any atom is 0.160 e. The SMILES string of the molecule is COc1cc(CNC[C@H](O)Cn2cnc3cc(C)c(C)cc32)c(Br)cc1O. The van der Waals surface area contributed by atoms with Crippen LogP contribution in [0.2, 0.25) is 0 Å². The van der Waals surface area contributed by atoms with E-state index in [1.165, 1.54) is 18.2 Å². The molecule has 0 fully saturated rings. The summed E-state index contributed by atoms with van der Waals surface area (Å²) in [5, 5.41) is 23.4. The second-order valence-corrected chi connectivity index (χ2v) is 7.58. The Balaban J connectivity index is 1.61. The number of rotatable bonds is 7. The fourth-order valence-electron chi connectivity index (χ4n) is 3.01. The molecule has 0 saturated carbocycles. The Morgan fingerprint density at radius 1 is 1.22 bits per heavy atom. The molecule has 0 aliphatic heterocycles. The van der Waals surface area contributed by atoms with Gasteiger partial charge in [0.15, 0.2) is 11.5 Å². The second-order valence-electron chi connectivity index (χ2n) is 6.72. The van der Waals surface area contributed by atoms with Crippen LogP contribution in [-0.4, -0.2) is 39.5 Å². The molecule has 3 rings (SSSR count). The molecule has 0 unspecified atom stereocenters. The molecule has 0 bridgehead atoms. The summed E-state index contributed by atoms with van der Waals surface area (Å²) in [6.45, 7) is 5.58. The summed E-state index contributed by atoms with van der Waals surface area (Å²) in [4.78, 5) is 4.43. The smallest absolute Gasteiger partial charge is 0.160 e. The van der Waals surface area contributed by atoms with Gasteiger partial charge in [0.1, 0.15) is 0 Å². The van der Waals surface area contributed by atoms with Gasteiger partial charge in [0.25, 0.3) is 0 Å². The van der Waals surface area contributed by atoms with Crippen molar-refractivity contribution in [2.24, 2.45) is 0 Å². The van der Waals surface area contributed by atoms with Gasteiger partial charge in [0.2, 0.25) is 0 Å². The van der Waals surface area contributed by atoms with Crippen molar-refractivity contribution in [3.63, 3.8) is 0 Å². The highest BCUT2D eigenvalue weighted by Crippen LogP contribution is 2.32. The summed E-state index contributed by atoms with van der Waals surface area (Å²) in [6, 6.07) is 7.56. The molecule has 0 aliphatic carbocycles. The normalized spacial score (nSPS) is 12.5. The number of halogens is 1. The Labute approximate surface area is 166 Å². The van der Waals surface area contributed by atoms with Gasteiger partial charge in [-0.2, -0.15) is 0 Å². The molecule has 1 atom stereocenters. The fraction of sp³-hybridized carbons (Fsp3) is 0.350. The molecule has 0 spiro atoms. The Morgan fingerprint density at radius 3 is 2.70 bits per heavy atom. The van der Waals surface area contributed by atoms with Crippen LogP contribution in [0.1, 0.15) is 16.7 Å². The first-order valence-corrected chi connectivity index (χ1v) is 9.54. The van der Waals surface area contributed by atoms with Crippen molar-refractivity contribution >= 4 is 27.0 Å². The molecule has 0 amide bonds. The van der Waals surface area contributed by atoms with Gasteiger partial charge in [-0.1, -0.05) is 15.9 Å². The van der Waals surface area contributed by atoms with E-state index in [1.54, 1.807) is 18.5 Å². The molecule has 1 aromatic heterocycles. The lowest BCUT2D eigenvalue weighted by Gasteiger charge is -2.15. The summed E-state index contributed by atoms with van der Waals surface area (Å²) < 4.78 is 7.90. The van der Waals surface area contributed by atoms with E-state index < -0.39 is 6.10 Å². The van der Waals surface area contributed by atoms with Gasteiger partial charge < -0.3 is 24.8 Å². The summed E-state index contributed by atoms with van der Waals surface area (Å²) in [5.74, 6) is 0.511. The summed E-state index contributed by atoms with van der Waals surface area (Å²) in [6.07, 6.45) is 1.22. The molecule has 1 heterocycles. The minimum atomic E-state index is -0.554. The molecule has 3 aromatic rings. The lowest BCUT2D eigenvalue weighted by Crippen LogP contribution is -2.30. The number of ether oxygens (including phenoxy) is 1. The molecule has 0 aliphatic rings. The van der Waals surface area contributed by atoms with Crippen LogP contribution < -0.4 is 10.1 Å². The summed E-state index contributed by atoms with van der Waals surface area (Å²) in [5.41, 5.74) is 5.34. The van der Waals surface area contributed by atoms with Crippen LogP contribution in [0.5, 0.6) is 11.5 Å². The minimum Gasteiger partial charge on any atom is -0.504 e. The molecule has 144 valence electrons. The lowest BCUT2D eigenvalue weighted by atomic mass is 10.1. The van der Waals surface area contributed by atoms with E-state index in [-0.39, 0.29) is 5.75 Å². The largest absolute Gasteiger partial charge is 0.504 e. The monoisotopic (exact) mass is 433 g/mol. The molecular formula is C20H24BrN3O3. The molecule has 2 aromatic carbocycles. The number of aromatic nitrogens is 2. The van der Waals surface area contributed by atoms with Crippen molar-refractivity contribution in [2.75, 3.05) is 13.7 Å². The number of fused-ring (bicyclic) bond motifs is 1. The third-order valence-corrected chi connectivity index (χ3v) is 5.43. The Morgan fingerprint density at radius 2 is 1.96 bits per heavy atom. The van der Waals surface area contributed by atoms with Crippen molar-refractivity contribution in [1.82, 2.24) is 14.9 Å². The average Bonchev–Trinajstić information content (AvgIpc) is 2.99. The first-order valence-electron chi connectivity index (χ1n) is 8.75. The number of imidazole rings is 1. The van der Waals surface area contributed by atoms with Gasteiger partial charge in [-0.15, -0.1) is 0 Å². The van der Waals surface area contributed by atoms with Gasteiger partial charge in [-0.25, -0.2) is 4.98 Å². The number of phenols is 1. The van der Waals surface area contributed by atoms with Gasteiger partial charge >= 0.3 is 0 Å². The Kier molecular flexibility index (Phi) is 6.04. The minimum absolute atomic E-state index is 0.0886. The van der Waals surface area contributed by atoms with Crippen LogP contribution >= 0.6 is 15.9 Å². The van der Waals surface area contributed by atoms with Crippen LogP contribution in [0.4, 0.5) is 0 Å². The zero-order chi connectivity index (χ0) is 19.6. The number of aliphatic hydroxyl groups excluding tert-OH is 1. The predicted octanol–water partition coefficient (Wildman–Crippen LogP) is 3.28. The van der Waals surface area contributed by atoms with Crippen LogP contribution in [0.3, 0.4) is 0 Å². The Bertz CT molecular complexity index is 955. The maximum atomic E-state index is 10.4. The summed E-state index contributed by atoms with van der Waals surface area (Å²) >= 11 is 3.44. The van der Waals surface area contributed by atoms with Crippen molar-refractivity contribution in [1.29, 1.82) is 0 Å². The lowest BCUT2D eigenvalue weighted by molar-refractivity contribution is 0.152. The molecule has 3 N–H and O–H groups in total. The third kappa shape index (κ3) is 4.43. The fourth-order valence-corrected chi connectivity index (χ4v) is 3.48. The number of aliphatic hydroxyl groups is 1. The number of hydrogen-bond acceptors (Lipinski definition) is 5. The van der Waals surface area contributed by atoms with Gasteiger partial charge in [-0.3, -0.25) is 0 Å². The van der Waals surface area contributed by atoms with E-state index in [0.29, 0.717) is 25.4 Å². The second kappa shape index (κ2) is 8.29. The molecular weight excluding hydrogens is 410 g/mol. The van der Waals surface area contributed by atoms with Crippen molar-refractivity contribution in [3.8, 4) is 11.5 Å². The molecule has 27 heavy (non-hydrogen) atoms. The van der Waals surface area contributed by atoms with Gasteiger partial charge in [-0.05, 0) is 54.8 Å². The number of benzene rings is 2. The zero-order valence-corrected chi connectivity index (χ0v) is 17.2. The van der Waals surface area contributed by atoms with Crippen molar-refractivity contribution in [2.45, 2.75) is 33.0 Å². The summed E-state index contributed by atoms with van der Waals surface area (Å²) in [7, 11) is 1.52. The Hall–Kier alpha value is -2.09. The predicted molar refractivity (Wildman–Crippen MR) is 109 cm³/mol. The first-order chi connectivity index (χ1) is 12.9. The number of methoxy groups -OCH3 is 1. The maximum absolute atomic E-state index is 10.4. The number of aromatic hydroxyl groups is 1. The highest BCUT2D eigenvalue weighted by Gasteiger charge is 2.11. The van der Waals surface area contributed by atoms with E-state index in [4.69, 9.17) is 4.74 Å². The van der Waals surface area contributed by atoms with Crippen LogP contribution in [0, 0.1) is 13.8 Å². The number of aryl methyl sites for hydroxylation is 2. The highest BCUT2D eigenvalue weighted by atomic mass is 79.9. The first kappa shape index (κ1) is 19.7. The number of nitrogens with zero attached hydrogens (tertiary/aromatic N) is 2. The van der Waals surface area contributed by atoms with Crippen molar-refractivity contribution < 1.29 is 14.9 Å². The van der Waals surface area contributed by atoms with E-state index >= 15 is 0 Å². The van der Waals surface area contributed by atoms with Gasteiger partial charge in [0.05, 0.1) is 37.1 Å². The van der Waals surface area contributed by atoms with E-state index in [2.05, 4.69) is 52.2 Å².